The Kier molecular flexibility index (Phi) is 4.58. The average molecular weight is 280 g/mol. The molecule has 0 radical (unpaired) electrons. The first-order valence-corrected chi connectivity index (χ1v) is 7.59. The van der Waals surface area contributed by atoms with Crippen molar-refractivity contribution in [1.82, 2.24) is 10.2 Å². The van der Waals surface area contributed by atoms with Crippen molar-refractivity contribution < 1.29 is 9.59 Å². The number of nitrogens with zero attached hydrogens (tertiary/aromatic N) is 1. The van der Waals surface area contributed by atoms with Gasteiger partial charge >= 0.3 is 0 Å². The van der Waals surface area contributed by atoms with Crippen LogP contribution in [0.2, 0.25) is 0 Å². The highest BCUT2D eigenvalue weighted by Crippen LogP contribution is 2.22. The normalized spacial score (nSPS) is 18.9. The molecule has 1 aliphatic rings. The maximum atomic E-state index is 12.3. The Balaban J connectivity index is 2.00. The van der Waals surface area contributed by atoms with Gasteiger partial charge in [-0.1, -0.05) is 19.9 Å². The number of carbonyl (C=O) groups excluding carboxylic acids is 2. The fourth-order valence-electron chi connectivity index (χ4n) is 2.25. The molecule has 1 atom stereocenters. The van der Waals surface area contributed by atoms with Gasteiger partial charge in [-0.25, -0.2) is 0 Å². The number of likely N-dealkylation sites (tertiary alicyclic amines) is 1. The number of hydrogen-bond acceptors (Lipinski definition) is 3. The highest BCUT2D eigenvalue weighted by molar-refractivity contribution is 7.12. The Bertz CT molecular complexity index is 442. The predicted molar refractivity (Wildman–Crippen MR) is 76.2 cm³/mol. The number of carbonyl (C=O) groups is 2. The largest absolute Gasteiger partial charge is 0.354 e. The Morgan fingerprint density at radius 3 is 2.95 bits per heavy atom. The lowest BCUT2D eigenvalue weighted by Gasteiger charge is -2.23. The second-order valence-electron chi connectivity index (χ2n) is 5.27. The van der Waals surface area contributed by atoms with Gasteiger partial charge in [0.1, 0.15) is 6.04 Å². The highest BCUT2D eigenvalue weighted by atomic mass is 32.1. The van der Waals surface area contributed by atoms with Gasteiger partial charge in [0, 0.05) is 13.1 Å². The molecule has 2 amide bonds. The second kappa shape index (κ2) is 6.19. The average Bonchev–Trinajstić information content (AvgIpc) is 3.05. The summed E-state index contributed by atoms with van der Waals surface area (Å²) in [6.07, 6.45) is 1.66. The van der Waals surface area contributed by atoms with Crippen LogP contribution in [0.25, 0.3) is 0 Å². The standard InChI is InChI=1S/C14H20N2O2S/c1-10(2)9-15-13(17)11-5-3-7-16(11)14(18)12-6-4-8-19-12/h4,6,8,10-11H,3,5,7,9H2,1-2H3,(H,15,17). The minimum atomic E-state index is -0.298. The molecule has 2 heterocycles. The monoisotopic (exact) mass is 280 g/mol. The lowest BCUT2D eigenvalue weighted by atomic mass is 10.1. The number of hydrogen-bond donors (Lipinski definition) is 1. The van der Waals surface area contributed by atoms with Crippen LogP contribution >= 0.6 is 11.3 Å². The van der Waals surface area contributed by atoms with Crippen LogP contribution in [0.15, 0.2) is 17.5 Å². The van der Waals surface area contributed by atoms with E-state index in [-0.39, 0.29) is 17.9 Å². The van der Waals surface area contributed by atoms with E-state index in [1.807, 2.05) is 17.5 Å². The molecule has 1 fully saturated rings. The highest BCUT2D eigenvalue weighted by Gasteiger charge is 2.34. The minimum absolute atomic E-state index is 0.0165. The van der Waals surface area contributed by atoms with Gasteiger partial charge in [0.25, 0.3) is 5.91 Å². The molecule has 2 rings (SSSR count). The van der Waals surface area contributed by atoms with E-state index in [1.165, 1.54) is 11.3 Å². The number of rotatable bonds is 4. The van der Waals surface area contributed by atoms with Crippen molar-refractivity contribution in [3.8, 4) is 0 Å². The first-order chi connectivity index (χ1) is 9.09. The van der Waals surface area contributed by atoms with Crippen molar-refractivity contribution >= 4 is 23.2 Å². The molecule has 1 aromatic heterocycles. The van der Waals surface area contributed by atoms with E-state index in [2.05, 4.69) is 19.2 Å². The van der Waals surface area contributed by atoms with E-state index < -0.39 is 0 Å². The van der Waals surface area contributed by atoms with E-state index >= 15 is 0 Å². The molecule has 0 saturated carbocycles. The van der Waals surface area contributed by atoms with Crippen molar-refractivity contribution in [1.29, 1.82) is 0 Å². The summed E-state index contributed by atoms with van der Waals surface area (Å²) in [6.45, 7) is 5.46. The van der Waals surface area contributed by atoms with Gasteiger partial charge in [0.15, 0.2) is 0 Å². The summed E-state index contributed by atoms with van der Waals surface area (Å²) in [5.41, 5.74) is 0. The van der Waals surface area contributed by atoms with Gasteiger partial charge in [0.2, 0.25) is 5.91 Å². The number of amides is 2. The smallest absolute Gasteiger partial charge is 0.264 e. The summed E-state index contributed by atoms with van der Waals surface area (Å²) in [5, 5.41) is 4.81. The molecule has 1 N–H and O–H groups in total. The molecule has 5 heteroatoms. The van der Waals surface area contributed by atoms with Gasteiger partial charge < -0.3 is 10.2 Å². The zero-order chi connectivity index (χ0) is 13.8. The van der Waals surface area contributed by atoms with Crippen molar-refractivity contribution in [2.75, 3.05) is 13.1 Å². The van der Waals surface area contributed by atoms with Crippen molar-refractivity contribution in [3.05, 3.63) is 22.4 Å². The zero-order valence-corrected chi connectivity index (χ0v) is 12.2. The molecule has 0 spiro atoms. The van der Waals surface area contributed by atoms with E-state index in [9.17, 15) is 9.59 Å². The van der Waals surface area contributed by atoms with Crippen molar-refractivity contribution in [3.63, 3.8) is 0 Å². The summed E-state index contributed by atoms with van der Waals surface area (Å²) in [5.74, 6) is 0.389. The molecule has 1 aliphatic heterocycles. The quantitative estimate of drug-likeness (QED) is 0.918. The minimum Gasteiger partial charge on any atom is -0.354 e. The Morgan fingerprint density at radius 2 is 2.32 bits per heavy atom. The van der Waals surface area contributed by atoms with Crippen LogP contribution in [-0.2, 0) is 4.79 Å². The Morgan fingerprint density at radius 1 is 1.53 bits per heavy atom. The molecule has 1 saturated heterocycles. The third-order valence-corrected chi connectivity index (χ3v) is 4.09. The Labute approximate surface area is 117 Å². The van der Waals surface area contributed by atoms with E-state index in [0.29, 0.717) is 23.9 Å². The third-order valence-electron chi connectivity index (χ3n) is 3.23. The van der Waals surface area contributed by atoms with Crippen LogP contribution < -0.4 is 5.32 Å². The van der Waals surface area contributed by atoms with E-state index in [0.717, 1.165) is 12.8 Å². The fraction of sp³-hybridized carbons (Fsp3) is 0.571. The summed E-state index contributed by atoms with van der Waals surface area (Å²) in [6, 6.07) is 3.38. The Hall–Kier alpha value is -1.36. The van der Waals surface area contributed by atoms with Gasteiger partial charge in [-0.3, -0.25) is 9.59 Å². The molecule has 1 unspecified atom stereocenters. The van der Waals surface area contributed by atoms with Gasteiger partial charge in [0.05, 0.1) is 4.88 Å². The first-order valence-electron chi connectivity index (χ1n) is 6.71. The van der Waals surface area contributed by atoms with Gasteiger partial charge in [-0.2, -0.15) is 0 Å². The zero-order valence-electron chi connectivity index (χ0n) is 11.4. The fourth-order valence-corrected chi connectivity index (χ4v) is 2.93. The van der Waals surface area contributed by atoms with Crippen LogP contribution in [0.4, 0.5) is 0 Å². The maximum absolute atomic E-state index is 12.3. The summed E-state index contributed by atoms with van der Waals surface area (Å²) >= 11 is 1.43. The van der Waals surface area contributed by atoms with E-state index in [4.69, 9.17) is 0 Å². The molecule has 1 aromatic rings. The lowest BCUT2D eigenvalue weighted by Crippen LogP contribution is -2.46. The van der Waals surface area contributed by atoms with Crippen LogP contribution in [0, 0.1) is 5.92 Å². The second-order valence-corrected chi connectivity index (χ2v) is 6.22. The predicted octanol–water partition coefficient (Wildman–Crippen LogP) is 2.12. The van der Waals surface area contributed by atoms with Gasteiger partial charge in [-0.15, -0.1) is 11.3 Å². The molecule has 104 valence electrons. The van der Waals surface area contributed by atoms with Crippen LogP contribution in [0.3, 0.4) is 0 Å². The molecule has 0 bridgehead atoms. The molecule has 0 aromatic carbocycles. The van der Waals surface area contributed by atoms with Crippen LogP contribution in [0.5, 0.6) is 0 Å². The molecule has 19 heavy (non-hydrogen) atoms. The SMILES string of the molecule is CC(C)CNC(=O)C1CCCN1C(=O)c1cccs1. The van der Waals surface area contributed by atoms with Crippen LogP contribution in [-0.4, -0.2) is 35.8 Å². The van der Waals surface area contributed by atoms with Crippen molar-refractivity contribution in [2.45, 2.75) is 32.7 Å². The summed E-state index contributed by atoms with van der Waals surface area (Å²) in [7, 11) is 0. The number of nitrogens with one attached hydrogen (secondary N) is 1. The maximum Gasteiger partial charge on any atom is 0.264 e. The van der Waals surface area contributed by atoms with E-state index in [1.54, 1.807) is 4.90 Å². The van der Waals surface area contributed by atoms with Gasteiger partial charge in [-0.05, 0) is 30.2 Å². The number of thiophene rings is 1. The summed E-state index contributed by atoms with van der Waals surface area (Å²) in [4.78, 5) is 26.9. The molecule has 4 nitrogen and oxygen atoms in total. The van der Waals surface area contributed by atoms with Crippen LogP contribution in [0.1, 0.15) is 36.4 Å². The molecule has 0 aliphatic carbocycles. The van der Waals surface area contributed by atoms with Crippen molar-refractivity contribution in [2.24, 2.45) is 5.92 Å². The molecular formula is C14H20N2O2S. The lowest BCUT2D eigenvalue weighted by molar-refractivity contribution is -0.125. The topological polar surface area (TPSA) is 49.4 Å². The third kappa shape index (κ3) is 3.35. The summed E-state index contributed by atoms with van der Waals surface area (Å²) < 4.78 is 0. The molecular weight excluding hydrogens is 260 g/mol. The first kappa shape index (κ1) is 14.1.